The first-order valence-electron chi connectivity index (χ1n) is 9.08. The molecule has 0 aromatic carbocycles. The van der Waals surface area contributed by atoms with Crippen molar-refractivity contribution in [1.82, 2.24) is 0 Å². The minimum absolute atomic E-state index is 0.00913. The molecular weight excluding hydrogens is 304 g/mol. The Bertz CT molecular complexity index is 580. The molecule has 0 aromatic rings. The first kappa shape index (κ1) is 17.7. The quantitative estimate of drug-likeness (QED) is 0.615. The number of fused-ring (bicyclic) bond motifs is 1. The lowest BCUT2D eigenvalue weighted by Crippen LogP contribution is -2.58. The zero-order valence-electron chi connectivity index (χ0n) is 15.0. The van der Waals surface area contributed by atoms with Crippen molar-refractivity contribution in [3.63, 3.8) is 0 Å². The average Bonchev–Trinajstić information content (AvgIpc) is 2.92. The molecule has 4 nitrogen and oxygen atoms in total. The van der Waals surface area contributed by atoms with Crippen molar-refractivity contribution in [2.45, 2.75) is 65.1 Å². The third-order valence-electron chi connectivity index (χ3n) is 7.37. The molecule has 0 amide bonds. The fourth-order valence-corrected chi connectivity index (χ4v) is 5.37. The largest absolute Gasteiger partial charge is 0.458 e. The molecule has 2 aliphatic carbocycles. The van der Waals surface area contributed by atoms with Crippen LogP contribution in [0.25, 0.3) is 0 Å². The van der Waals surface area contributed by atoms with Crippen molar-refractivity contribution in [2.75, 3.05) is 6.61 Å². The number of rotatable bonds is 3. The van der Waals surface area contributed by atoms with Crippen LogP contribution >= 0.6 is 0 Å². The molecule has 134 valence electrons. The van der Waals surface area contributed by atoms with Crippen LogP contribution in [-0.2, 0) is 9.53 Å². The number of hydrogen-bond donors (Lipinski definition) is 2. The predicted molar refractivity (Wildman–Crippen MR) is 92.1 cm³/mol. The molecular formula is C20H30O4. The highest BCUT2D eigenvalue weighted by molar-refractivity contribution is 5.85. The van der Waals surface area contributed by atoms with E-state index < -0.39 is 6.10 Å². The van der Waals surface area contributed by atoms with Crippen LogP contribution in [0.3, 0.4) is 0 Å². The number of cyclic esters (lactones) is 1. The zero-order chi connectivity index (χ0) is 17.7. The van der Waals surface area contributed by atoms with Gasteiger partial charge in [-0.2, -0.15) is 0 Å². The van der Waals surface area contributed by atoms with E-state index in [1.165, 1.54) is 0 Å². The van der Waals surface area contributed by atoms with Crippen LogP contribution < -0.4 is 0 Å². The number of aliphatic hydroxyl groups is 2. The van der Waals surface area contributed by atoms with E-state index in [1.807, 2.05) is 0 Å². The van der Waals surface area contributed by atoms with Gasteiger partial charge >= 0.3 is 5.97 Å². The minimum atomic E-state index is -0.402. The van der Waals surface area contributed by atoms with Gasteiger partial charge in [0.05, 0.1) is 12.2 Å². The lowest BCUT2D eigenvalue weighted by atomic mass is 9.45. The molecule has 2 fully saturated rings. The second-order valence-electron chi connectivity index (χ2n) is 8.60. The molecule has 0 unspecified atom stereocenters. The van der Waals surface area contributed by atoms with Crippen molar-refractivity contribution in [3.05, 3.63) is 23.8 Å². The van der Waals surface area contributed by atoms with E-state index in [4.69, 9.17) is 4.74 Å². The summed E-state index contributed by atoms with van der Waals surface area (Å²) in [4.78, 5) is 11.3. The Balaban J connectivity index is 1.87. The number of ether oxygens (including phenoxy) is 1. The molecule has 0 aromatic heterocycles. The van der Waals surface area contributed by atoms with E-state index >= 15 is 0 Å². The van der Waals surface area contributed by atoms with Crippen molar-refractivity contribution in [3.8, 4) is 0 Å². The molecule has 24 heavy (non-hydrogen) atoms. The SMILES string of the molecule is C=C1C[C@H](O)C[C@@H]2[C@@](C)(CCC3=CC(=O)OC3)[C@H](C)C[C@H](O)[C@@]12C. The molecule has 2 N–H and O–H groups in total. The lowest BCUT2D eigenvalue weighted by molar-refractivity contribution is -0.144. The number of hydrogen-bond acceptors (Lipinski definition) is 4. The Kier molecular flexibility index (Phi) is 4.42. The second-order valence-corrected chi connectivity index (χ2v) is 8.60. The maximum atomic E-state index is 11.3. The summed E-state index contributed by atoms with van der Waals surface area (Å²) < 4.78 is 5.02. The van der Waals surface area contributed by atoms with E-state index in [1.54, 1.807) is 6.08 Å². The molecule has 1 heterocycles. The first-order chi connectivity index (χ1) is 11.2. The van der Waals surface area contributed by atoms with Gasteiger partial charge in [-0.05, 0) is 54.9 Å². The van der Waals surface area contributed by atoms with Gasteiger partial charge in [0, 0.05) is 11.5 Å². The Morgan fingerprint density at radius 3 is 2.67 bits per heavy atom. The Morgan fingerprint density at radius 1 is 1.33 bits per heavy atom. The van der Waals surface area contributed by atoms with Gasteiger partial charge in [-0.1, -0.05) is 32.9 Å². The molecule has 2 saturated carbocycles. The molecule has 0 saturated heterocycles. The Hall–Kier alpha value is -1.13. The molecule has 0 bridgehead atoms. The van der Waals surface area contributed by atoms with Crippen LogP contribution in [0.2, 0.25) is 0 Å². The third-order valence-corrected chi connectivity index (χ3v) is 7.37. The molecule has 6 atom stereocenters. The summed E-state index contributed by atoms with van der Waals surface area (Å²) in [6, 6.07) is 0. The van der Waals surface area contributed by atoms with Gasteiger partial charge < -0.3 is 14.9 Å². The predicted octanol–water partition coefficient (Wildman–Crippen LogP) is 2.99. The molecule has 0 radical (unpaired) electrons. The van der Waals surface area contributed by atoms with Crippen molar-refractivity contribution >= 4 is 5.97 Å². The maximum Gasteiger partial charge on any atom is 0.331 e. The summed E-state index contributed by atoms with van der Waals surface area (Å²) in [6.45, 7) is 11.2. The highest BCUT2D eigenvalue weighted by Crippen LogP contribution is 2.62. The Morgan fingerprint density at radius 2 is 2.04 bits per heavy atom. The zero-order valence-corrected chi connectivity index (χ0v) is 15.0. The minimum Gasteiger partial charge on any atom is -0.458 e. The summed E-state index contributed by atoms with van der Waals surface area (Å²) in [5, 5.41) is 21.2. The van der Waals surface area contributed by atoms with Gasteiger partial charge in [-0.15, -0.1) is 0 Å². The van der Waals surface area contributed by atoms with Crippen LogP contribution in [0.1, 0.15) is 52.9 Å². The average molecular weight is 334 g/mol. The smallest absolute Gasteiger partial charge is 0.331 e. The molecule has 3 rings (SSSR count). The van der Waals surface area contributed by atoms with Crippen molar-refractivity contribution < 1.29 is 19.7 Å². The lowest BCUT2D eigenvalue weighted by Gasteiger charge is -2.61. The van der Waals surface area contributed by atoms with E-state index in [0.29, 0.717) is 25.4 Å². The van der Waals surface area contributed by atoms with Crippen LogP contribution in [0.15, 0.2) is 23.8 Å². The number of carbonyl (C=O) groups excluding carboxylic acids is 1. The van der Waals surface area contributed by atoms with E-state index in [0.717, 1.165) is 30.4 Å². The second kappa shape index (κ2) is 5.99. The monoisotopic (exact) mass is 334 g/mol. The summed E-state index contributed by atoms with van der Waals surface area (Å²) in [5.41, 5.74) is 1.69. The number of carbonyl (C=O) groups is 1. The van der Waals surface area contributed by atoms with Crippen LogP contribution in [-0.4, -0.2) is 35.0 Å². The van der Waals surface area contributed by atoms with Gasteiger partial charge in [-0.25, -0.2) is 4.79 Å². The van der Waals surface area contributed by atoms with Gasteiger partial charge in [0.15, 0.2) is 0 Å². The fourth-order valence-electron chi connectivity index (χ4n) is 5.37. The van der Waals surface area contributed by atoms with Crippen molar-refractivity contribution in [2.24, 2.45) is 22.7 Å². The fraction of sp³-hybridized carbons (Fsp3) is 0.750. The highest BCUT2D eigenvalue weighted by Gasteiger charge is 2.59. The molecule has 3 aliphatic rings. The molecule has 0 spiro atoms. The maximum absolute atomic E-state index is 11.3. The summed E-state index contributed by atoms with van der Waals surface area (Å²) in [7, 11) is 0. The van der Waals surface area contributed by atoms with E-state index in [-0.39, 0.29) is 28.8 Å². The van der Waals surface area contributed by atoms with Gasteiger partial charge in [0.1, 0.15) is 6.61 Å². The standard InChI is InChI=1S/C20H30O4/c1-12-8-17(22)20(4)13(2)7-15(21)10-16(20)19(12,3)6-5-14-9-18(23)24-11-14/h9,12,15-17,21-22H,2,5-8,10-11H2,1,3-4H3/t12-,15+,16-,17+,19+,20+/m1/s1. The van der Waals surface area contributed by atoms with Crippen LogP contribution in [0.5, 0.6) is 0 Å². The van der Waals surface area contributed by atoms with Crippen molar-refractivity contribution in [1.29, 1.82) is 0 Å². The highest BCUT2D eigenvalue weighted by atomic mass is 16.5. The summed E-state index contributed by atoms with van der Waals surface area (Å²) >= 11 is 0. The molecule has 1 aliphatic heterocycles. The Labute approximate surface area is 144 Å². The number of esters is 1. The van der Waals surface area contributed by atoms with E-state index in [9.17, 15) is 15.0 Å². The van der Waals surface area contributed by atoms with Crippen LogP contribution in [0.4, 0.5) is 0 Å². The third kappa shape index (κ3) is 2.64. The topological polar surface area (TPSA) is 66.8 Å². The van der Waals surface area contributed by atoms with Crippen LogP contribution in [0, 0.1) is 22.7 Å². The first-order valence-corrected chi connectivity index (χ1v) is 9.08. The van der Waals surface area contributed by atoms with Gasteiger partial charge in [0.2, 0.25) is 0 Å². The summed E-state index contributed by atoms with van der Waals surface area (Å²) in [5.74, 6) is 0.300. The normalized spacial score (nSPS) is 45.6. The molecule has 4 heteroatoms. The van der Waals surface area contributed by atoms with E-state index in [2.05, 4.69) is 27.4 Å². The van der Waals surface area contributed by atoms with Gasteiger partial charge in [-0.3, -0.25) is 0 Å². The number of aliphatic hydroxyl groups excluding tert-OH is 2. The summed E-state index contributed by atoms with van der Waals surface area (Å²) in [6.07, 6.45) is 4.65. The van der Waals surface area contributed by atoms with Gasteiger partial charge in [0.25, 0.3) is 0 Å².